The number of likely N-dealkylation sites (N-methyl/N-ethyl adjacent to an activating group) is 1. The van der Waals surface area contributed by atoms with Crippen molar-refractivity contribution in [1.82, 2.24) is 20.8 Å². The lowest BCUT2D eigenvalue weighted by Crippen LogP contribution is -2.48. The largest absolute Gasteiger partial charge is 0.415 e. The second kappa shape index (κ2) is 7.21. The van der Waals surface area contributed by atoms with E-state index in [4.69, 9.17) is 4.42 Å². The van der Waals surface area contributed by atoms with Crippen LogP contribution in [0, 0.1) is 17.8 Å². The standard InChI is InChI=1S/C18H26N4O3S/c1-2-19-14(23)9-20-15(24)10-26-17-22-21-16(25-17)18-6-11-3-12(7-18)5-13(4-11)8-18/h11-13H,2-10H2,1H3,(H,19,23)(H,20,24). The number of carbonyl (C=O) groups is 2. The fraction of sp³-hybridized carbons (Fsp3) is 0.778. The zero-order valence-electron chi connectivity index (χ0n) is 15.1. The van der Waals surface area contributed by atoms with Crippen LogP contribution in [0.3, 0.4) is 0 Å². The topological polar surface area (TPSA) is 97.1 Å². The lowest BCUT2D eigenvalue weighted by molar-refractivity contribution is -0.124. The Labute approximate surface area is 157 Å². The summed E-state index contributed by atoms with van der Waals surface area (Å²) >= 11 is 1.23. The lowest BCUT2D eigenvalue weighted by atomic mass is 9.49. The Morgan fingerprint density at radius 2 is 1.73 bits per heavy atom. The third-order valence-electron chi connectivity index (χ3n) is 6.05. The van der Waals surface area contributed by atoms with Crippen molar-refractivity contribution in [2.24, 2.45) is 17.8 Å². The Bertz CT molecular complexity index is 654. The van der Waals surface area contributed by atoms with E-state index in [1.54, 1.807) is 0 Å². The molecule has 8 heteroatoms. The minimum absolute atomic E-state index is 0.00437. The van der Waals surface area contributed by atoms with E-state index in [1.165, 1.54) is 50.3 Å². The van der Waals surface area contributed by atoms with Gasteiger partial charge < -0.3 is 15.1 Å². The maximum absolute atomic E-state index is 11.9. The van der Waals surface area contributed by atoms with Gasteiger partial charge in [-0.05, 0) is 63.2 Å². The predicted octanol–water partition coefficient (Wildman–Crippen LogP) is 1.88. The molecule has 4 bridgehead atoms. The first-order valence-corrected chi connectivity index (χ1v) is 10.5. The Morgan fingerprint density at radius 3 is 2.35 bits per heavy atom. The van der Waals surface area contributed by atoms with Crippen LogP contribution < -0.4 is 10.6 Å². The lowest BCUT2D eigenvalue weighted by Gasteiger charge is -2.55. The van der Waals surface area contributed by atoms with Gasteiger partial charge in [0.15, 0.2) is 0 Å². The van der Waals surface area contributed by atoms with Crippen LogP contribution in [0.25, 0.3) is 0 Å². The molecule has 26 heavy (non-hydrogen) atoms. The average Bonchev–Trinajstić information content (AvgIpc) is 3.07. The highest BCUT2D eigenvalue weighted by molar-refractivity contribution is 7.99. The Balaban J connectivity index is 1.31. The number of amides is 2. The van der Waals surface area contributed by atoms with Gasteiger partial charge in [-0.1, -0.05) is 11.8 Å². The number of nitrogens with zero attached hydrogens (tertiary/aromatic N) is 2. The second-order valence-corrected chi connectivity index (χ2v) is 9.02. The van der Waals surface area contributed by atoms with Crippen LogP contribution in [0.15, 0.2) is 9.64 Å². The SMILES string of the molecule is CCNC(=O)CNC(=O)CSc1nnc(C23CC4CC(CC(C4)C2)C3)o1. The minimum atomic E-state index is -0.212. The van der Waals surface area contributed by atoms with Crippen molar-refractivity contribution in [2.75, 3.05) is 18.8 Å². The molecule has 0 unspecified atom stereocenters. The van der Waals surface area contributed by atoms with E-state index >= 15 is 0 Å². The van der Waals surface area contributed by atoms with Crippen molar-refractivity contribution < 1.29 is 14.0 Å². The first kappa shape index (κ1) is 17.8. The second-order valence-electron chi connectivity index (χ2n) is 8.09. The van der Waals surface area contributed by atoms with Gasteiger partial charge in [0.1, 0.15) is 0 Å². The number of rotatable bonds is 7. The van der Waals surface area contributed by atoms with Gasteiger partial charge in [-0.25, -0.2) is 0 Å². The van der Waals surface area contributed by atoms with Crippen LogP contribution >= 0.6 is 11.8 Å². The van der Waals surface area contributed by atoms with Gasteiger partial charge in [0.25, 0.3) is 5.22 Å². The summed E-state index contributed by atoms with van der Waals surface area (Å²) in [5.74, 6) is 3.02. The van der Waals surface area contributed by atoms with Gasteiger partial charge in [0.05, 0.1) is 12.3 Å². The van der Waals surface area contributed by atoms with Gasteiger partial charge in [-0.3, -0.25) is 9.59 Å². The molecular formula is C18H26N4O3S. The van der Waals surface area contributed by atoms with Crippen molar-refractivity contribution >= 4 is 23.6 Å². The van der Waals surface area contributed by atoms with E-state index in [0.717, 1.165) is 23.6 Å². The first-order chi connectivity index (χ1) is 12.6. The number of nitrogens with one attached hydrogen (secondary N) is 2. The van der Waals surface area contributed by atoms with Gasteiger partial charge in [0.2, 0.25) is 17.7 Å². The molecule has 4 saturated carbocycles. The highest BCUT2D eigenvalue weighted by Crippen LogP contribution is 2.60. The van der Waals surface area contributed by atoms with E-state index < -0.39 is 0 Å². The van der Waals surface area contributed by atoms with Gasteiger partial charge in [-0.2, -0.15) is 0 Å². The molecule has 2 N–H and O–H groups in total. The zero-order valence-corrected chi connectivity index (χ0v) is 15.9. The van der Waals surface area contributed by atoms with Gasteiger partial charge in [-0.15, -0.1) is 10.2 Å². The van der Waals surface area contributed by atoms with Crippen molar-refractivity contribution in [3.05, 3.63) is 5.89 Å². The van der Waals surface area contributed by atoms with Crippen LogP contribution in [0.5, 0.6) is 0 Å². The molecule has 0 aromatic carbocycles. The smallest absolute Gasteiger partial charge is 0.277 e. The Hall–Kier alpha value is -1.57. The molecule has 0 radical (unpaired) electrons. The summed E-state index contributed by atoms with van der Waals surface area (Å²) in [6.45, 7) is 2.39. The quantitative estimate of drug-likeness (QED) is 0.703. The predicted molar refractivity (Wildman–Crippen MR) is 96.6 cm³/mol. The summed E-state index contributed by atoms with van der Waals surface area (Å²) in [5, 5.41) is 14.2. The van der Waals surface area contributed by atoms with Crippen molar-refractivity contribution in [3.8, 4) is 0 Å². The molecule has 7 nitrogen and oxygen atoms in total. The molecule has 1 aromatic heterocycles. The number of carbonyl (C=O) groups excluding carboxylic acids is 2. The molecule has 0 atom stereocenters. The third-order valence-corrected chi connectivity index (χ3v) is 6.86. The van der Waals surface area contributed by atoms with E-state index in [1.807, 2.05) is 6.92 Å². The van der Waals surface area contributed by atoms with Crippen LogP contribution in [-0.2, 0) is 15.0 Å². The fourth-order valence-corrected chi connectivity index (χ4v) is 6.06. The van der Waals surface area contributed by atoms with Crippen molar-refractivity contribution in [2.45, 2.75) is 56.1 Å². The Morgan fingerprint density at radius 1 is 1.08 bits per heavy atom. The number of hydrogen-bond acceptors (Lipinski definition) is 6. The average molecular weight is 378 g/mol. The van der Waals surface area contributed by atoms with Crippen molar-refractivity contribution in [3.63, 3.8) is 0 Å². The number of thioether (sulfide) groups is 1. The van der Waals surface area contributed by atoms with Crippen LogP contribution in [-0.4, -0.2) is 40.9 Å². The van der Waals surface area contributed by atoms with Gasteiger partial charge in [0, 0.05) is 12.0 Å². The van der Waals surface area contributed by atoms with Crippen LogP contribution in [0.4, 0.5) is 0 Å². The maximum atomic E-state index is 11.9. The third kappa shape index (κ3) is 3.61. The Kier molecular flexibility index (Phi) is 4.94. The monoisotopic (exact) mass is 378 g/mol. The van der Waals surface area contributed by atoms with Crippen LogP contribution in [0.2, 0.25) is 0 Å². The summed E-state index contributed by atoms with van der Waals surface area (Å²) in [6.07, 6.45) is 7.66. The normalized spacial score (nSPS) is 31.8. The molecule has 142 valence electrons. The van der Waals surface area contributed by atoms with E-state index in [0.29, 0.717) is 11.8 Å². The van der Waals surface area contributed by atoms with Gasteiger partial charge >= 0.3 is 0 Å². The summed E-state index contributed by atoms with van der Waals surface area (Å²) in [7, 11) is 0. The summed E-state index contributed by atoms with van der Waals surface area (Å²) < 4.78 is 5.96. The molecule has 1 heterocycles. The molecule has 1 aromatic rings. The molecule has 2 amide bonds. The minimum Gasteiger partial charge on any atom is -0.415 e. The molecule has 4 aliphatic rings. The maximum Gasteiger partial charge on any atom is 0.277 e. The summed E-state index contributed by atoms with van der Waals surface area (Å²) in [6, 6.07) is 0. The molecule has 4 aliphatic carbocycles. The zero-order chi connectivity index (χ0) is 18.1. The summed E-state index contributed by atoms with van der Waals surface area (Å²) in [5.41, 5.74) is 0.0844. The molecule has 0 aliphatic heterocycles. The molecule has 5 rings (SSSR count). The molecule has 4 fully saturated rings. The van der Waals surface area contributed by atoms with E-state index in [2.05, 4.69) is 20.8 Å². The summed E-state index contributed by atoms with van der Waals surface area (Å²) in [4.78, 5) is 23.2. The van der Waals surface area contributed by atoms with Crippen LogP contribution in [0.1, 0.15) is 51.3 Å². The number of hydrogen-bond donors (Lipinski definition) is 2. The van der Waals surface area contributed by atoms with E-state index in [9.17, 15) is 9.59 Å². The molecule has 0 saturated heterocycles. The van der Waals surface area contributed by atoms with E-state index in [-0.39, 0.29) is 29.5 Å². The highest BCUT2D eigenvalue weighted by atomic mass is 32.2. The first-order valence-electron chi connectivity index (χ1n) is 9.56. The van der Waals surface area contributed by atoms with Crippen molar-refractivity contribution in [1.29, 1.82) is 0 Å². The highest BCUT2D eigenvalue weighted by Gasteiger charge is 2.54. The molecule has 0 spiro atoms. The fourth-order valence-electron chi connectivity index (χ4n) is 5.47. The number of aromatic nitrogens is 2. The molecular weight excluding hydrogens is 352 g/mol.